The number of carbonyl (C=O) groups is 1. The van der Waals surface area contributed by atoms with Crippen LogP contribution >= 0.6 is 0 Å². The fourth-order valence-corrected chi connectivity index (χ4v) is 4.19. The van der Waals surface area contributed by atoms with Crippen molar-refractivity contribution in [1.82, 2.24) is 0 Å². The molecule has 186 valence electrons. The van der Waals surface area contributed by atoms with Crippen molar-refractivity contribution >= 4 is 16.9 Å². The Balaban J connectivity index is 1.88. The Bertz CT molecular complexity index is 1500. The van der Waals surface area contributed by atoms with Crippen molar-refractivity contribution in [3.63, 3.8) is 0 Å². The summed E-state index contributed by atoms with van der Waals surface area (Å²) in [6.07, 6.45) is 0. The van der Waals surface area contributed by atoms with E-state index >= 15 is 0 Å². The summed E-state index contributed by atoms with van der Waals surface area (Å²) < 4.78 is 22.7. The minimum absolute atomic E-state index is 0.0574. The molecule has 0 saturated carbocycles. The molecule has 1 aromatic heterocycles. The fourth-order valence-electron chi connectivity index (χ4n) is 4.19. The molecule has 0 amide bonds. The molecule has 0 aliphatic carbocycles. The van der Waals surface area contributed by atoms with E-state index in [2.05, 4.69) is 20.8 Å². The van der Waals surface area contributed by atoms with E-state index in [1.54, 1.807) is 36.4 Å². The lowest BCUT2D eigenvalue weighted by Crippen LogP contribution is -2.17. The maximum Gasteiger partial charge on any atom is 0.343 e. The third kappa shape index (κ3) is 4.71. The molecule has 4 rings (SSSR count). The Kier molecular flexibility index (Phi) is 6.63. The van der Waals surface area contributed by atoms with Crippen molar-refractivity contribution in [1.29, 1.82) is 0 Å². The van der Waals surface area contributed by atoms with Gasteiger partial charge in [-0.1, -0.05) is 39.0 Å². The third-order valence-electron chi connectivity index (χ3n) is 6.12. The molecule has 0 aliphatic heterocycles. The van der Waals surface area contributed by atoms with Crippen LogP contribution in [0.1, 0.15) is 47.8 Å². The smallest absolute Gasteiger partial charge is 0.343 e. The highest BCUT2D eigenvalue weighted by Gasteiger charge is 2.24. The summed E-state index contributed by atoms with van der Waals surface area (Å²) in [6.45, 7) is 10.1. The van der Waals surface area contributed by atoms with E-state index < -0.39 is 11.4 Å². The molecule has 0 atom stereocenters. The van der Waals surface area contributed by atoms with Crippen LogP contribution < -0.4 is 19.6 Å². The van der Waals surface area contributed by atoms with Crippen LogP contribution in [0.15, 0.2) is 63.8 Å². The van der Waals surface area contributed by atoms with Gasteiger partial charge < -0.3 is 18.6 Å². The Labute approximate surface area is 210 Å². The summed E-state index contributed by atoms with van der Waals surface area (Å²) in [5, 5.41) is 0.371. The van der Waals surface area contributed by atoms with E-state index in [-0.39, 0.29) is 16.9 Å². The molecule has 6 heteroatoms. The van der Waals surface area contributed by atoms with Crippen molar-refractivity contribution in [3.05, 3.63) is 87.1 Å². The molecule has 6 nitrogen and oxygen atoms in total. The summed E-state index contributed by atoms with van der Waals surface area (Å²) in [5.41, 5.74) is 3.56. The van der Waals surface area contributed by atoms with E-state index in [4.69, 9.17) is 18.6 Å². The van der Waals surface area contributed by atoms with Crippen LogP contribution in [0.2, 0.25) is 0 Å². The van der Waals surface area contributed by atoms with Gasteiger partial charge >= 0.3 is 5.97 Å². The molecule has 36 heavy (non-hydrogen) atoms. The van der Waals surface area contributed by atoms with E-state index in [1.165, 1.54) is 14.2 Å². The van der Waals surface area contributed by atoms with Gasteiger partial charge in [0.25, 0.3) is 0 Å². The van der Waals surface area contributed by atoms with Gasteiger partial charge in [-0.05, 0) is 72.4 Å². The molecule has 0 spiro atoms. The van der Waals surface area contributed by atoms with Gasteiger partial charge in [0.1, 0.15) is 5.58 Å². The maximum atomic E-state index is 13.7. The molecule has 1 heterocycles. The first kappa shape index (κ1) is 25.0. The van der Waals surface area contributed by atoms with Crippen LogP contribution in [0.3, 0.4) is 0 Å². The van der Waals surface area contributed by atoms with E-state index in [0.29, 0.717) is 33.6 Å². The molecule has 0 saturated heterocycles. The summed E-state index contributed by atoms with van der Waals surface area (Å²) in [5.74, 6) is 0.292. The molecule has 0 bridgehead atoms. The maximum absolute atomic E-state index is 13.7. The monoisotopic (exact) mass is 486 g/mol. The Hall–Kier alpha value is -4.06. The summed E-state index contributed by atoms with van der Waals surface area (Å²) in [6, 6.07) is 16.0. The normalized spacial score (nSPS) is 11.4. The SMILES string of the molecule is COc1ccc(-c2oc3cc(C)cc(C)c3c(=O)c2OC(=O)c2ccc(C(C)(C)C)cc2)cc1OC. The molecule has 3 aromatic carbocycles. The number of methoxy groups -OCH3 is 2. The number of esters is 1. The minimum Gasteiger partial charge on any atom is -0.493 e. The van der Waals surface area contributed by atoms with Crippen LogP contribution in [0.4, 0.5) is 0 Å². The highest BCUT2D eigenvalue weighted by molar-refractivity contribution is 5.93. The van der Waals surface area contributed by atoms with E-state index in [9.17, 15) is 9.59 Å². The van der Waals surface area contributed by atoms with Crippen LogP contribution in [0.5, 0.6) is 17.2 Å². The molecule has 4 aromatic rings. The Morgan fingerprint density at radius 2 is 1.53 bits per heavy atom. The molecule has 0 aliphatic rings. The zero-order chi connectivity index (χ0) is 26.2. The molecular formula is C30H30O6. The predicted molar refractivity (Wildman–Crippen MR) is 141 cm³/mol. The molecule has 0 unspecified atom stereocenters. The van der Waals surface area contributed by atoms with Gasteiger partial charge in [0.2, 0.25) is 11.2 Å². The highest BCUT2D eigenvalue weighted by atomic mass is 16.5. The average Bonchev–Trinajstić information content (AvgIpc) is 2.84. The lowest BCUT2D eigenvalue weighted by molar-refractivity contribution is 0.0731. The number of ether oxygens (including phenoxy) is 3. The first-order chi connectivity index (χ1) is 17.0. The number of hydrogen-bond donors (Lipinski definition) is 0. The first-order valence-corrected chi connectivity index (χ1v) is 11.7. The molecule has 0 fully saturated rings. The number of aryl methyl sites for hydroxylation is 2. The van der Waals surface area contributed by atoms with Crippen molar-refractivity contribution in [2.45, 2.75) is 40.0 Å². The lowest BCUT2D eigenvalue weighted by atomic mass is 9.87. The van der Waals surface area contributed by atoms with Gasteiger partial charge in [0.05, 0.1) is 25.2 Å². The quantitative estimate of drug-likeness (QED) is 0.296. The average molecular weight is 487 g/mol. The number of fused-ring (bicyclic) bond motifs is 1. The largest absolute Gasteiger partial charge is 0.493 e. The topological polar surface area (TPSA) is 75.0 Å². The van der Waals surface area contributed by atoms with Gasteiger partial charge in [0.15, 0.2) is 17.3 Å². The lowest BCUT2D eigenvalue weighted by Gasteiger charge is -2.19. The molecule has 0 radical (unpaired) electrons. The number of carbonyl (C=O) groups excluding carboxylic acids is 1. The second kappa shape index (κ2) is 9.53. The Morgan fingerprint density at radius 1 is 0.861 bits per heavy atom. The minimum atomic E-state index is -0.645. The predicted octanol–water partition coefficient (Wildman–Crippen LogP) is 6.61. The van der Waals surface area contributed by atoms with Crippen LogP contribution in [-0.4, -0.2) is 20.2 Å². The summed E-state index contributed by atoms with van der Waals surface area (Å²) in [7, 11) is 3.06. The number of benzene rings is 3. The highest BCUT2D eigenvalue weighted by Crippen LogP contribution is 2.37. The number of rotatable bonds is 5. The first-order valence-electron chi connectivity index (χ1n) is 11.7. The molecule has 0 N–H and O–H groups in total. The van der Waals surface area contributed by atoms with Crippen molar-refractivity contribution in [2.75, 3.05) is 14.2 Å². The van der Waals surface area contributed by atoms with E-state index in [0.717, 1.165) is 16.7 Å². The Morgan fingerprint density at radius 3 is 2.14 bits per heavy atom. The van der Waals surface area contributed by atoms with E-state index in [1.807, 2.05) is 32.0 Å². The van der Waals surface area contributed by atoms with Gasteiger partial charge in [-0.15, -0.1) is 0 Å². The van der Waals surface area contributed by atoms with Crippen molar-refractivity contribution < 1.29 is 23.4 Å². The van der Waals surface area contributed by atoms with Crippen LogP contribution in [0.25, 0.3) is 22.3 Å². The van der Waals surface area contributed by atoms with Crippen molar-refractivity contribution in [3.8, 4) is 28.6 Å². The van der Waals surface area contributed by atoms with Crippen LogP contribution in [0, 0.1) is 13.8 Å². The summed E-state index contributed by atoms with van der Waals surface area (Å²) >= 11 is 0. The van der Waals surface area contributed by atoms with Crippen LogP contribution in [-0.2, 0) is 5.41 Å². The second-order valence-electron chi connectivity index (χ2n) is 9.83. The third-order valence-corrected chi connectivity index (χ3v) is 6.12. The van der Waals surface area contributed by atoms with Gasteiger partial charge in [-0.25, -0.2) is 4.79 Å². The van der Waals surface area contributed by atoms with Gasteiger partial charge in [-0.2, -0.15) is 0 Å². The van der Waals surface area contributed by atoms with Gasteiger partial charge in [0, 0.05) is 5.56 Å². The fraction of sp³-hybridized carbons (Fsp3) is 0.267. The summed E-state index contributed by atoms with van der Waals surface area (Å²) in [4.78, 5) is 26.9. The molecular weight excluding hydrogens is 456 g/mol. The zero-order valence-corrected chi connectivity index (χ0v) is 21.6. The zero-order valence-electron chi connectivity index (χ0n) is 21.6. The second-order valence-corrected chi connectivity index (χ2v) is 9.83. The van der Waals surface area contributed by atoms with Gasteiger partial charge in [-0.3, -0.25) is 4.79 Å². The number of hydrogen-bond acceptors (Lipinski definition) is 6. The van der Waals surface area contributed by atoms with Crippen molar-refractivity contribution in [2.24, 2.45) is 0 Å². The standard InChI is InChI=1S/C30H30O6/c1-17-14-18(2)25-24(15-17)35-27(20-10-13-22(33-6)23(16-20)34-7)28(26(25)31)36-29(32)19-8-11-21(12-9-19)30(3,4)5/h8-16H,1-7H3.